The molecule has 3 aromatic rings. The summed E-state index contributed by atoms with van der Waals surface area (Å²) in [7, 11) is 5.53. The molecule has 0 aliphatic heterocycles. The molecule has 6 heteroatoms. The number of carbonyl (C=O) groups is 1. The fourth-order valence-electron chi connectivity index (χ4n) is 2.32. The summed E-state index contributed by atoms with van der Waals surface area (Å²) in [6.07, 6.45) is 0. The molecule has 0 spiro atoms. The van der Waals surface area contributed by atoms with Crippen molar-refractivity contribution in [2.45, 2.75) is 0 Å². The minimum Gasteiger partial charge on any atom is -0.408 e. The Kier molecular flexibility index (Phi) is 3.65. The molecule has 0 bridgehead atoms. The van der Waals surface area contributed by atoms with E-state index >= 15 is 0 Å². The Morgan fingerprint density at radius 2 is 1.83 bits per heavy atom. The zero-order chi connectivity index (χ0) is 16.6. The maximum atomic E-state index is 12.3. The normalized spacial score (nSPS) is 10.7. The zero-order valence-electron chi connectivity index (χ0n) is 13.2. The van der Waals surface area contributed by atoms with Crippen LogP contribution in [-0.2, 0) is 7.05 Å². The number of hydrogen-bond acceptors (Lipinski definition) is 4. The smallest absolute Gasteiger partial charge is 0.408 e. The Morgan fingerprint density at radius 1 is 1.13 bits per heavy atom. The van der Waals surface area contributed by atoms with E-state index < -0.39 is 5.76 Å². The van der Waals surface area contributed by atoms with Crippen LogP contribution in [0, 0.1) is 0 Å². The number of aromatic nitrogens is 1. The van der Waals surface area contributed by atoms with Crippen LogP contribution in [0.5, 0.6) is 0 Å². The van der Waals surface area contributed by atoms with E-state index in [1.807, 2.05) is 43.3 Å². The number of aryl methyl sites for hydroxylation is 1. The first kappa shape index (κ1) is 14.9. The molecule has 3 rings (SSSR count). The highest BCUT2D eigenvalue weighted by Crippen LogP contribution is 2.18. The summed E-state index contributed by atoms with van der Waals surface area (Å²) in [6.45, 7) is 0. The summed E-state index contributed by atoms with van der Waals surface area (Å²) in [4.78, 5) is 25.8. The van der Waals surface area contributed by atoms with Crippen LogP contribution in [0.25, 0.3) is 11.1 Å². The van der Waals surface area contributed by atoms with E-state index in [2.05, 4.69) is 5.32 Å². The number of rotatable bonds is 3. The van der Waals surface area contributed by atoms with Crippen LogP contribution in [0.3, 0.4) is 0 Å². The topological polar surface area (TPSA) is 67.5 Å². The van der Waals surface area contributed by atoms with Gasteiger partial charge in [0.05, 0.1) is 5.52 Å². The van der Waals surface area contributed by atoms with Crippen molar-refractivity contribution in [2.75, 3.05) is 24.3 Å². The van der Waals surface area contributed by atoms with Crippen LogP contribution < -0.4 is 16.0 Å². The van der Waals surface area contributed by atoms with Crippen LogP contribution in [0.2, 0.25) is 0 Å². The third-order valence-corrected chi connectivity index (χ3v) is 3.70. The summed E-state index contributed by atoms with van der Waals surface area (Å²) in [5.74, 6) is -0.701. The predicted molar refractivity (Wildman–Crippen MR) is 90.2 cm³/mol. The van der Waals surface area contributed by atoms with Gasteiger partial charge in [0.15, 0.2) is 5.58 Å². The maximum absolute atomic E-state index is 12.3. The molecule has 1 N–H and O–H groups in total. The van der Waals surface area contributed by atoms with E-state index in [0.29, 0.717) is 22.4 Å². The Bertz CT molecular complexity index is 920. The monoisotopic (exact) mass is 311 g/mol. The predicted octanol–water partition coefficient (Wildman–Crippen LogP) is 2.45. The lowest BCUT2D eigenvalue weighted by atomic mass is 10.2. The number of fused-ring (bicyclic) bond motifs is 1. The highest BCUT2D eigenvalue weighted by Gasteiger charge is 2.11. The van der Waals surface area contributed by atoms with Crippen molar-refractivity contribution in [1.82, 2.24) is 4.57 Å². The van der Waals surface area contributed by atoms with Crippen molar-refractivity contribution in [1.29, 1.82) is 0 Å². The Labute approximate surface area is 132 Å². The quantitative estimate of drug-likeness (QED) is 0.807. The van der Waals surface area contributed by atoms with Crippen LogP contribution in [0.4, 0.5) is 11.4 Å². The summed E-state index contributed by atoms with van der Waals surface area (Å²) >= 11 is 0. The molecular formula is C17H17N3O3. The molecule has 118 valence electrons. The third-order valence-electron chi connectivity index (χ3n) is 3.70. The molecule has 6 nitrogen and oxygen atoms in total. The molecular weight excluding hydrogens is 294 g/mol. The fourth-order valence-corrected chi connectivity index (χ4v) is 2.32. The summed E-state index contributed by atoms with van der Waals surface area (Å²) in [5.41, 5.74) is 3.24. The van der Waals surface area contributed by atoms with E-state index in [-0.39, 0.29) is 5.91 Å². The standard InChI is InChI=1S/C17H17N3O3/c1-19(2)13-7-5-12(6-8-13)18-16(21)11-4-9-14-15(10-11)23-17(22)20(14)3/h4-10H,1-3H3,(H,18,21). The molecule has 1 aromatic heterocycles. The van der Waals surface area contributed by atoms with E-state index in [1.54, 1.807) is 25.2 Å². The third kappa shape index (κ3) is 2.83. The Morgan fingerprint density at radius 3 is 2.48 bits per heavy atom. The van der Waals surface area contributed by atoms with Gasteiger partial charge in [0, 0.05) is 38.1 Å². The van der Waals surface area contributed by atoms with Gasteiger partial charge in [0.25, 0.3) is 5.91 Å². The number of carbonyl (C=O) groups excluding carboxylic acids is 1. The average Bonchev–Trinajstić information content (AvgIpc) is 2.82. The summed E-state index contributed by atoms with van der Waals surface area (Å²) < 4.78 is 6.50. The van der Waals surface area contributed by atoms with Crippen LogP contribution in [-0.4, -0.2) is 24.6 Å². The van der Waals surface area contributed by atoms with Crippen molar-refractivity contribution in [2.24, 2.45) is 7.05 Å². The van der Waals surface area contributed by atoms with Crippen LogP contribution >= 0.6 is 0 Å². The van der Waals surface area contributed by atoms with Gasteiger partial charge in [-0.25, -0.2) is 4.79 Å². The molecule has 1 amide bonds. The van der Waals surface area contributed by atoms with Crippen LogP contribution in [0.1, 0.15) is 10.4 Å². The molecule has 0 aliphatic carbocycles. The van der Waals surface area contributed by atoms with Gasteiger partial charge in [-0.15, -0.1) is 0 Å². The first-order valence-electron chi connectivity index (χ1n) is 7.14. The molecule has 0 fully saturated rings. The van der Waals surface area contributed by atoms with Crippen molar-refractivity contribution >= 4 is 28.4 Å². The first-order chi connectivity index (χ1) is 11.0. The molecule has 0 atom stereocenters. The summed E-state index contributed by atoms with van der Waals surface area (Å²) in [6, 6.07) is 12.5. The Balaban J connectivity index is 1.84. The van der Waals surface area contributed by atoms with Gasteiger partial charge in [0.1, 0.15) is 0 Å². The SMILES string of the molecule is CN(C)c1ccc(NC(=O)c2ccc3c(c2)oc(=O)n3C)cc1. The number of hydrogen-bond donors (Lipinski definition) is 1. The molecule has 0 unspecified atom stereocenters. The van der Waals surface area contributed by atoms with Gasteiger partial charge in [-0.3, -0.25) is 9.36 Å². The number of anilines is 2. The fraction of sp³-hybridized carbons (Fsp3) is 0.176. The van der Waals surface area contributed by atoms with Gasteiger partial charge in [-0.2, -0.15) is 0 Å². The number of nitrogens with zero attached hydrogens (tertiary/aromatic N) is 2. The lowest BCUT2D eigenvalue weighted by Crippen LogP contribution is -2.12. The highest BCUT2D eigenvalue weighted by molar-refractivity contribution is 6.05. The number of amides is 1. The van der Waals surface area contributed by atoms with Crippen molar-refractivity contribution in [3.63, 3.8) is 0 Å². The molecule has 0 saturated heterocycles. The van der Waals surface area contributed by atoms with Gasteiger partial charge in [0.2, 0.25) is 0 Å². The van der Waals surface area contributed by atoms with Crippen LogP contribution in [0.15, 0.2) is 51.7 Å². The second-order valence-electron chi connectivity index (χ2n) is 5.50. The summed E-state index contributed by atoms with van der Waals surface area (Å²) in [5, 5.41) is 2.83. The lowest BCUT2D eigenvalue weighted by Gasteiger charge is -2.13. The van der Waals surface area contributed by atoms with E-state index in [4.69, 9.17) is 4.42 Å². The lowest BCUT2D eigenvalue weighted by molar-refractivity contribution is 0.102. The van der Waals surface area contributed by atoms with Crippen molar-refractivity contribution in [3.8, 4) is 0 Å². The van der Waals surface area contributed by atoms with Gasteiger partial charge in [-0.1, -0.05) is 0 Å². The minimum absolute atomic E-state index is 0.254. The van der Waals surface area contributed by atoms with Gasteiger partial charge >= 0.3 is 5.76 Å². The Hall–Kier alpha value is -3.02. The van der Waals surface area contributed by atoms with E-state index in [1.165, 1.54) is 4.57 Å². The van der Waals surface area contributed by atoms with E-state index in [0.717, 1.165) is 5.69 Å². The molecule has 2 aromatic carbocycles. The zero-order valence-corrected chi connectivity index (χ0v) is 13.2. The number of oxazole rings is 1. The second kappa shape index (κ2) is 5.64. The second-order valence-corrected chi connectivity index (χ2v) is 5.50. The highest BCUT2D eigenvalue weighted by atomic mass is 16.4. The molecule has 0 saturated carbocycles. The largest absolute Gasteiger partial charge is 0.419 e. The maximum Gasteiger partial charge on any atom is 0.419 e. The molecule has 0 aliphatic rings. The molecule has 0 radical (unpaired) electrons. The van der Waals surface area contributed by atoms with Gasteiger partial charge in [-0.05, 0) is 42.5 Å². The van der Waals surface area contributed by atoms with E-state index in [9.17, 15) is 9.59 Å². The molecule has 23 heavy (non-hydrogen) atoms. The number of nitrogens with one attached hydrogen (secondary N) is 1. The first-order valence-corrected chi connectivity index (χ1v) is 7.14. The molecule has 1 heterocycles. The van der Waals surface area contributed by atoms with Crippen molar-refractivity contribution < 1.29 is 9.21 Å². The average molecular weight is 311 g/mol. The minimum atomic E-state index is -0.447. The van der Waals surface area contributed by atoms with Gasteiger partial charge < -0.3 is 14.6 Å². The van der Waals surface area contributed by atoms with Crippen molar-refractivity contribution in [3.05, 3.63) is 58.6 Å². The number of benzene rings is 2.